The van der Waals surface area contributed by atoms with Crippen molar-refractivity contribution in [3.63, 3.8) is 0 Å². The molecule has 6 rings (SSSR count). The third kappa shape index (κ3) is 5.04. The van der Waals surface area contributed by atoms with Gasteiger partial charge in [0.25, 0.3) is 5.91 Å². The van der Waals surface area contributed by atoms with Crippen LogP contribution in [0.5, 0.6) is 5.75 Å². The van der Waals surface area contributed by atoms with Crippen LogP contribution in [0.1, 0.15) is 36.0 Å². The number of nitrogens with zero attached hydrogens (tertiary/aromatic N) is 2. The average molecular weight is 511 g/mol. The van der Waals surface area contributed by atoms with Crippen molar-refractivity contribution in [1.82, 2.24) is 9.80 Å². The summed E-state index contributed by atoms with van der Waals surface area (Å²) in [6.45, 7) is 3.94. The molecule has 0 bridgehead atoms. The maximum absolute atomic E-state index is 13.5. The van der Waals surface area contributed by atoms with Crippen LogP contribution in [0.3, 0.4) is 0 Å². The number of hydrogen-bond acceptors (Lipinski definition) is 5. The van der Waals surface area contributed by atoms with E-state index in [9.17, 15) is 9.59 Å². The van der Waals surface area contributed by atoms with Crippen LogP contribution < -0.4 is 15.4 Å². The summed E-state index contributed by atoms with van der Waals surface area (Å²) in [5, 5.41) is 6.08. The molecule has 2 saturated carbocycles. The summed E-state index contributed by atoms with van der Waals surface area (Å²) in [4.78, 5) is 31.4. The van der Waals surface area contributed by atoms with Gasteiger partial charge in [-0.05, 0) is 67.1 Å². The maximum atomic E-state index is 13.5. The molecular weight excluding hydrogens is 476 g/mol. The van der Waals surface area contributed by atoms with Crippen molar-refractivity contribution in [3.8, 4) is 16.9 Å². The Labute approximate surface area is 223 Å². The second-order valence-electron chi connectivity index (χ2n) is 10.6. The molecule has 0 unspecified atom stereocenters. The van der Waals surface area contributed by atoms with Crippen LogP contribution in [0.4, 0.5) is 11.4 Å². The number of methoxy groups -OCH3 is 1. The van der Waals surface area contributed by atoms with Gasteiger partial charge >= 0.3 is 0 Å². The van der Waals surface area contributed by atoms with E-state index in [1.54, 1.807) is 25.3 Å². The fraction of sp³-hybridized carbons (Fsp3) is 0.355. The van der Waals surface area contributed by atoms with Gasteiger partial charge < -0.3 is 15.4 Å². The van der Waals surface area contributed by atoms with Gasteiger partial charge in [0.15, 0.2) is 0 Å². The molecule has 1 heterocycles. The first-order valence-electron chi connectivity index (χ1n) is 13.5. The number of carbonyl (C=O) groups excluding carboxylic acids is 2. The first kappa shape index (κ1) is 24.6. The molecule has 0 radical (unpaired) electrons. The number of rotatable bonds is 8. The molecule has 38 heavy (non-hydrogen) atoms. The lowest BCUT2D eigenvalue weighted by Gasteiger charge is -2.39. The zero-order chi connectivity index (χ0) is 26.1. The lowest BCUT2D eigenvalue weighted by Crippen LogP contribution is -2.55. The molecule has 3 fully saturated rings. The van der Waals surface area contributed by atoms with Crippen LogP contribution in [0.25, 0.3) is 11.1 Å². The molecular formula is C31H34N4O3. The monoisotopic (exact) mass is 510 g/mol. The number of amides is 2. The Bertz CT molecular complexity index is 1310. The maximum Gasteiger partial charge on any atom is 0.255 e. The Balaban J connectivity index is 1.12. The Morgan fingerprint density at radius 1 is 0.842 bits per heavy atom. The number of carbonyl (C=O) groups is 2. The highest BCUT2D eigenvalue weighted by molar-refractivity contribution is 6.06. The van der Waals surface area contributed by atoms with Crippen molar-refractivity contribution in [2.45, 2.75) is 37.3 Å². The van der Waals surface area contributed by atoms with E-state index in [1.165, 1.54) is 12.8 Å². The number of piperazine rings is 1. The summed E-state index contributed by atoms with van der Waals surface area (Å²) < 4.78 is 5.52. The predicted octanol–water partition coefficient (Wildman–Crippen LogP) is 4.87. The minimum absolute atomic E-state index is 0.00986. The molecule has 7 heteroatoms. The number of anilines is 2. The van der Waals surface area contributed by atoms with E-state index in [1.807, 2.05) is 54.6 Å². The summed E-state index contributed by atoms with van der Waals surface area (Å²) in [7, 11) is 1.58. The number of nitrogens with one attached hydrogen (secondary N) is 2. The quantitative estimate of drug-likeness (QED) is 0.453. The number of hydrogen-bond donors (Lipinski definition) is 2. The zero-order valence-electron chi connectivity index (χ0n) is 21.8. The van der Waals surface area contributed by atoms with Gasteiger partial charge in [-0.1, -0.05) is 42.5 Å². The predicted molar refractivity (Wildman–Crippen MR) is 150 cm³/mol. The first-order chi connectivity index (χ1) is 18.6. The highest BCUT2D eigenvalue weighted by atomic mass is 16.5. The third-order valence-electron chi connectivity index (χ3n) is 8.09. The smallest absolute Gasteiger partial charge is 0.255 e. The molecule has 2 aliphatic carbocycles. The van der Waals surface area contributed by atoms with Crippen molar-refractivity contribution >= 4 is 23.2 Å². The zero-order valence-corrected chi connectivity index (χ0v) is 21.8. The van der Waals surface area contributed by atoms with E-state index in [2.05, 4.69) is 20.4 Å². The minimum atomic E-state index is -0.430. The van der Waals surface area contributed by atoms with Crippen LogP contribution in [0.2, 0.25) is 0 Å². The Hall–Kier alpha value is -3.68. The molecule has 2 N–H and O–H groups in total. The largest absolute Gasteiger partial charge is 0.495 e. The molecule has 0 atom stereocenters. The topological polar surface area (TPSA) is 73.9 Å². The van der Waals surface area contributed by atoms with Gasteiger partial charge in [0.05, 0.1) is 12.8 Å². The van der Waals surface area contributed by atoms with E-state index < -0.39 is 5.54 Å². The van der Waals surface area contributed by atoms with Gasteiger partial charge in [-0.25, -0.2) is 0 Å². The van der Waals surface area contributed by atoms with E-state index in [4.69, 9.17) is 4.74 Å². The summed E-state index contributed by atoms with van der Waals surface area (Å²) >= 11 is 0. The fourth-order valence-electron chi connectivity index (χ4n) is 5.53. The Morgan fingerprint density at radius 2 is 1.53 bits per heavy atom. The molecule has 0 aromatic heterocycles. The van der Waals surface area contributed by atoms with Gasteiger partial charge in [-0.3, -0.25) is 19.4 Å². The summed E-state index contributed by atoms with van der Waals surface area (Å²) in [6, 6.07) is 23.7. The summed E-state index contributed by atoms with van der Waals surface area (Å²) in [6.07, 6.45) is 4.38. The summed E-state index contributed by atoms with van der Waals surface area (Å²) in [5.74, 6) is 0.368. The Kier molecular flexibility index (Phi) is 6.64. The van der Waals surface area contributed by atoms with Crippen molar-refractivity contribution in [3.05, 3.63) is 78.4 Å². The minimum Gasteiger partial charge on any atom is -0.495 e. The van der Waals surface area contributed by atoms with Crippen LogP contribution >= 0.6 is 0 Å². The first-order valence-corrected chi connectivity index (χ1v) is 13.5. The lowest BCUT2D eigenvalue weighted by atomic mass is 10.0. The molecule has 0 spiro atoms. The lowest BCUT2D eigenvalue weighted by molar-refractivity contribution is -0.123. The van der Waals surface area contributed by atoms with Crippen LogP contribution in [0.15, 0.2) is 72.8 Å². The van der Waals surface area contributed by atoms with Gasteiger partial charge in [0.2, 0.25) is 5.91 Å². The standard InChI is InChI=1S/C31H34N4O3/c1-38-28-14-11-25(32-29(36)24-9-7-23(8-10-24)22-5-3-2-4-6-22)21-27(28)33-30(37)31(15-16-31)35-19-17-34(18-20-35)26-12-13-26/h2-11,14,21,26H,12-13,15-20H2,1H3,(H,32,36)(H,33,37). The molecule has 1 aliphatic heterocycles. The second-order valence-corrected chi connectivity index (χ2v) is 10.6. The second kappa shape index (κ2) is 10.2. The molecule has 1 saturated heterocycles. The normalized spacial score (nSPS) is 19.0. The van der Waals surface area contributed by atoms with Gasteiger partial charge in [-0.15, -0.1) is 0 Å². The third-order valence-corrected chi connectivity index (χ3v) is 8.09. The van der Waals surface area contributed by atoms with Gasteiger partial charge in [0, 0.05) is 43.5 Å². The molecule has 3 aromatic carbocycles. The number of ether oxygens (including phenoxy) is 1. The van der Waals surface area contributed by atoms with E-state index in [0.29, 0.717) is 22.7 Å². The molecule has 7 nitrogen and oxygen atoms in total. The fourth-order valence-corrected chi connectivity index (χ4v) is 5.53. The van der Waals surface area contributed by atoms with E-state index in [-0.39, 0.29) is 11.8 Å². The Morgan fingerprint density at radius 3 is 2.16 bits per heavy atom. The van der Waals surface area contributed by atoms with Gasteiger partial charge in [-0.2, -0.15) is 0 Å². The van der Waals surface area contributed by atoms with Crippen molar-refractivity contribution < 1.29 is 14.3 Å². The van der Waals surface area contributed by atoms with E-state index >= 15 is 0 Å². The highest BCUT2D eigenvalue weighted by Gasteiger charge is 2.55. The highest BCUT2D eigenvalue weighted by Crippen LogP contribution is 2.44. The molecule has 2 amide bonds. The number of benzene rings is 3. The van der Waals surface area contributed by atoms with Crippen molar-refractivity contribution in [1.29, 1.82) is 0 Å². The van der Waals surface area contributed by atoms with Crippen LogP contribution in [0, 0.1) is 0 Å². The average Bonchev–Trinajstić information content (AvgIpc) is 3.88. The van der Waals surface area contributed by atoms with E-state index in [0.717, 1.165) is 56.2 Å². The molecule has 3 aliphatic rings. The SMILES string of the molecule is COc1ccc(NC(=O)c2ccc(-c3ccccc3)cc2)cc1NC(=O)C1(N2CCN(C3CC3)CC2)CC1. The van der Waals surface area contributed by atoms with Crippen molar-refractivity contribution in [2.24, 2.45) is 0 Å². The molecule has 196 valence electrons. The van der Waals surface area contributed by atoms with Crippen LogP contribution in [-0.2, 0) is 4.79 Å². The molecule has 3 aromatic rings. The van der Waals surface area contributed by atoms with Gasteiger partial charge in [0.1, 0.15) is 11.3 Å². The summed E-state index contributed by atoms with van der Waals surface area (Å²) in [5.41, 5.74) is 3.46. The van der Waals surface area contributed by atoms with Crippen molar-refractivity contribution in [2.75, 3.05) is 43.9 Å². The van der Waals surface area contributed by atoms with Crippen LogP contribution in [-0.4, -0.2) is 66.5 Å².